The van der Waals surface area contributed by atoms with Crippen LogP contribution in [0.2, 0.25) is 5.02 Å². The molecule has 128 valence electrons. The molecule has 0 radical (unpaired) electrons. The molecule has 1 N–H and O–H groups in total. The van der Waals surface area contributed by atoms with Crippen molar-refractivity contribution in [2.75, 3.05) is 4.72 Å². The van der Waals surface area contributed by atoms with Gasteiger partial charge in [0, 0.05) is 0 Å². The van der Waals surface area contributed by atoms with E-state index in [4.69, 9.17) is 11.6 Å². The average Bonchev–Trinajstić information content (AvgIpc) is 3.29. The molecule has 0 saturated heterocycles. The highest BCUT2D eigenvalue weighted by Crippen LogP contribution is 2.34. The maximum Gasteiger partial charge on any atom is 0.257 e. The number of alkyl halides is 2. The fraction of sp³-hybridized carbons (Fsp3) is 0.533. The Kier molecular flexibility index (Phi) is 5.97. The van der Waals surface area contributed by atoms with Crippen LogP contribution >= 0.6 is 11.6 Å². The van der Waals surface area contributed by atoms with E-state index in [-0.39, 0.29) is 5.25 Å². The topological polar surface area (TPSA) is 46.9 Å². The van der Waals surface area contributed by atoms with Gasteiger partial charge in [0.05, 0.1) is 21.2 Å². The molecule has 1 atom stereocenters. The van der Waals surface area contributed by atoms with Crippen molar-refractivity contribution in [2.45, 2.75) is 51.8 Å². The SMILES string of the molecule is CC.Cc1ccc(Cl)c2c(NS(=O)C3CC3)nn(CC(F)F)c12. The standard InChI is InChI=1S/C13H14ClF2N3OS.C2H6/c1-7-2-5-9(14)11-12(7)19(6-10(15)16)17-13(11)18-21(20)8-3-4-8;1-2/h2,5,8,10H,3-4,6H2,1H3,(H,17,18);1-2H3. The average molecular weight is 364 g/mol. The number of fused-ring (bicyclic) bond motifs is 1. The molecule has 1 fully saturated rings. The summed E-state index contributed by atoms with van der Waals surface area (Å²) in [5.41, 5.74) is 1.35. The number of aryl methyl sites for hydroxylation is 1. The van der Waals surface area contributed by atoms with Crippen LogP contribution in [0.4, 0.5) is 14.6 Å². The van der Waals surface area contributed by atoms with Gasteiger partial charge in [0.15, 0.2) is 5.82 Å². The maximum atomic E-state index is 12.7. The molecular weight excluding hydrogens is 344 g/mol. The number of nitrogens with zero attached hydrogens (tertiary/aromatic N) is 2. The molecule has 8 heteroatoms. The van der Waals surface area contributed by atoms with Crippen molar-refractivity contribution in [3.63, 3.8) is 0 Å². The highest BCUT2D eigenvalue weighted by Gasteiger charge is 2.30. The van der Waals surface area contributed by atoms with E-state index in [1.165, 1.54) is 4.68 Å². The summed E-state index contributed by atoms with van der Waals surface area (Å²) in [5.74, 6) is 0.310. The summed E-state index contributed by atoms with van der Waals surface area (Å²) >= 11 is 6.18. The molecule has 1 aromatic carbocycles. The summed E-state index contributed by atoms with van der Waals surface area (Å²) in [6.45, 7) is 5.29. The van der Waals surface area contributed by atoms with E-state index in [0.717, 1.165) is 18.4 Å². The third-order valence-corrected chi connectivity index (χ3v) is 5.17. The molecule has 3 rings (SSSR count). The molecule has 1 aromatic heterocycles. The summed E-state index contributed by atoms with van der Waals surface area (Å²) in [6, 6.07) is 3.45. The summed E-state index contributed by atoms with van der Waals surface area (Å²) in [6.07, 6.45) is -0.711. The third kappa shape index (κ3) is 4.01. The van der Waals surface area contributed by atoms with Crippen molar-refractivity contribution in [2.24, 2.45) is 0 Å². The Hall–Kier alpha value is -1.21. The van der Waals surface area contributed by atoms with Gasteiger partial charge in [-0.1, -0.05) is 31.5 Å². The quantitative estimate of drug-likeness (QED) is 0.848. The van der Waals surface area contributed by atoms with E-state index in [0.29, 0.717) is 21.7 Å². The number of nitrogens with one attached hydrogen (secondary N) is 1. The molecule has 1 aliphatic rings. The number of hydrogen-bond acceptors (Lipinski definition) is 2. The first kappa shape index (κ1) is 18.1. The molecule has 2 aromatic rings. The van der Waals surface area contributed by atoms with Crippen molar-refractivity contribution in [3.8, 4) is 0 Å². The first-order valence-electron chi connectivity index (χ1n) is 7.58. The minimum atomic E-state index is -2.52. The Labute approximate surface area is 141 Å². The van der Waals surface area contributed by atoms with Crippen LogP contribution in [0.15, 0.2) is 12.1 Å². The molecular formula is C15H20ClF2N3OS. The highest BCUT2D eigenvalue weighted by molar-refractivity contribution is 7.87. The van der Waals surface area contributed by atoms with E-state index in [1.807, 2.05) is 20.8 Å². The van der Waals surface area contributed by atoms with E-state index < -0.39 is 24.0 Å². The van der Waals surface area contributed by atoms with Gasteiger partial charge in [-0.05, 0) is 31.4 Å². The first-order chi connectivity index (χ1) is 11.0. The minimum absolute atomic E-state index is 0.115. The predicted octanol–water partition coefficient (Wildman–Crippen LogP) is 4.53. The van der Waals surface area contributed by atoms with Crippen molar-refractivity contribution in [3.05, 3.63) is 22.7 Å². The molecule has 1 saturated carbocycles. The molecule has 23 heavy (non-hydrogen) atoms. The number of halogens is 3. The van der Waals surface area contributed by atoms with Gasteiger partial charge in [0.2, 0.25) is 0 Å². The second-order valence-corrected chi connectivity index (χ2v) is 6.98. The molecule has 0 spiro atoms. The van der Waals surface area contributed by atoms with Crippen molar-refractivity contribution in [1.82, 2.24) is 9.78 Å². The monoisotopic (exact) mass is 363 g/mol. The highest BCUT2D eigenvalue weighted by atomic mass is 35.5. The molecule has 0 aliphatic heterocycles. The Morgan fingerprint density at radius 3 is 2.65 bits per heavy atom. The van der Waals surface area contributed by atoms with Crippen LogP contribution in [0.1, 0.15) is 32.3 Å². The van der Waals surface area contributed by atoms with Crippen LogP contribution in [0, 0.1) is 6.92 Å². The van der Waals surface area contributed by atoms with Crippen molar-refractivity contribution < 1.29 is 13.0 Å². The number of rotatable bonds is 5. The number of anilines is 1. The number of hydrogen-bond donors (Lipinski definition) is 1. The smallest absolute Gasteiger partial charge is 0.257 e. The second-order valence-electron chi connectivity index (χ2n) is 5.11. The first-order valence-corrected chi connectivity index (χ1v) is 9.17. The minimum Gasteiger partial charge on any atom is -0.287 e. The Morgan fingerprint density at radius 1 is 1.43 bits per heavy atom. The maximum absolute atomic E-state index is 12.7. The van der Waals surface area contributed by atoms with E-state index >= 15 is 0 Å². The summed E-state index contributed by atoms with van der Waals surface area (Å²) in [7, 11) is -1.25. The Bertz CT molecular complexity index is 716. The lowest BCUT2D eigenvalue weighted by Gasteiger charge is -2.05. The van der Waals surface area contributed by atoms with Crippen LogP contribution in [0.3, 0.4) is 0 Å². The zero-order valence-corrected chi connectivity index (χ0v) is 14.8. The molecule has 0 amide bonds. The number of benzene rings is 1. The van der Waals surface area contributed by atoms with Crippen LogP contribution in [-0.4, -0.2) is 25.7 Å². The fourth-order valence-corrected chi connectivity index (χ4v) is 3.55. The second kappa shape index (κ2) is 7.57. The van der Waals surface area contributed by atoms with Crippen LogP contribution in [0.25, 0.3) is 10.9 Å². The van der Waals surface area contributed by atoms with Crippen molar-refractivity contribution >= 4 is 39.3 Å². The van der Waals surface area contributed by atoms with Gasteiger partial charge in [-0.3, -0.25) is 9.40 Å². The lowest BCUT2D eigenvalue weighted by Crippen LogP contribution is -2.11. The van der Waals surface area contributed by atoms with Crippen LogP contribution < -0.4 is 4.72 Å². The van der Waals surface area contributed by atoms with Gasteiger partial charge >= 0.3 is 0 Å². The Balaban J connectivity index is 0.000000924. The number of aromatic nitrogens is 2. The van der Waals surface area contributed by atoms with Gasteiger partial charge in [0.1, 0.15) is 17.5 Å². The molecule has 1 unspecified atom stereocenters. The van der Waals surface area contributed by atoms with Crippen molar-refractivity contribution in [1.29, 1.82) is 0 Å². The largest absolute Gasteiger partial charge is 0.287 e. The predicted molar refractivity (Wildman–Crippen MR) is 91.6 cm³/mol. The van der Waals surface area contributed by atoms with E-state index in [9.17, 15) is 13.0 Å². The van der Waals surface area contributed by atoms with E-state index in [2.05, 4.69) is 9.82 Å². The van der Waals surface area contributed by atoms with E-state index in [1.54, 1.807) is 12.1 Å². The zero-order chi connectivity index (χ0) is 17.1. The van der Waals surface area contributed by atoms with Gasteiger partial charge in [0.25, 0.3) is 6.43 Å². The lowest BCUT2D eigenvalue weighted by molar-refractivity contribution is 0.123. The molecule has 4 nitrogen and oxygen atoms in total. The third-order valence-electron chi connectivity index (χ3n) is 3.38. The zero-order valence-electron chi connectivity index (χ0n) is 13.3. The summed E-state index contributed by atoms with van der Waals surface area (Å²) in [5, 5.41) is 5.22. The normalized spacial score (nSPS) is 15.4. The molecule has 1 aliphatic carbocycles. The fourth-order valence-electron chi connectivity index (χ4n) is 2.24. The van der Waals surface area contributed by atoms with Gasteiger partial charge in [-0.15, -0.1) is 0 Å². The molecule has 1 heterocycles. The van der Waals surface area contributed by atoms with Crippen LogP contribution in [0.5, 0.6) is 0 Å². The summed E-state index contributed by atoms with van der Waals surface area (Å²) < 4.78 is 41.5. The Morgan fingerprint density at radius 2 is 2.09 bits per heavy atom. The van der Waals surface area contributed by atoms with Crippen LogP contribution in [-0.2, 0) is 17.5 Å². The van der Waals surface area contributed by atoms with Gasteiger partial charge < -0.3 is 0 Å². The lowest BCUT2D eigenvalue weighted by atomic mass is 10.1. The summed E-state index contributed by atoms with van der Waals surface area (Å²) in [4.78, 5) is 0. The van der Waals surface area contributed by atoms with Gasteiger partial charge in [-0.25, -0.2) is 13.0 Å². The molecule has 0 bridgehead atoms. The van der Waals surface area contributed by atoms with Gasteiger partial charge in [-0.2, -0.15) is 5.10 Å².